The highest BCUT2D eigenvalue weighted by Gasteiger charge is 2.26. The summed E-state index contributed by atoms with van der Waals surface area (Å²) >= 11 is 0. The predicted molar refractivity (Wildman–Crippen MR) is 133 cm³/mol. The van der Waals surface area contributed by atoms with Gasteiger partial charge in [0.15, 0.2) is 21.3 Å². The summed E-state index contributed by atoms with van der Waals surface area (Å²) in [7, 11) is -1.59. The van der Waals surface area contributed by atoms with Crippen LogP contribution in [0.4, 0.5) is 0 Å². The molecule has 2 aliphatic rings. The largest absolute Gasteiger partial charge is 0.493 e. The molecule has 0 amide bonds. The van der Waals surface area contributed by atoms with Crippen LogP contribution in [-0.4, -0.2) is 28.4 Å². The van der Waals surface area contributed by atoms with Crippen LogP contribution in [0.1, 0.15) is 36.0 Å². The van der Waals surface area contributed by atoms with Gasteiger partial charge in [-0.25, -0.2) is 8.42 Å². The molecule has 5 rings (SSSR count). The standard InChI is InChI=1S/C28H30O5S/c1-31-26-16-15-25(24-8-4-6-21-5-3-7-23(21)24)27(28(26)33-18-19-9-10-19)32-17-20-11-13-22(14-12-20)34(2,29)30/h4,6,8,11-16,19H,3,5,7,9-10,17-18H2,1-2H3. The smallest absolute Gasteiger partial charge is 0.204 e. The quantitative estimate of drug-likeness (QED) is 0.399. The number of fused-ring (bicyclic) bond motifs is 1. The van der Waals surface area contributed by atoms with E-state index in [1.54, 1.807) is 31.4 Å². The molecule has 34 heavy (non-hydrogen) atoms. The summed E-state index contributed by atoms with van der Waals surface area (Å²) < 4.78 is 42.0. The van der Waals surface area contributed by atoms with Crippen LogP contribution < -0.4 is 14.2 Å². The number of hydrogen-bond donors (Lipinski definition) is 0. The van der Waals surface area contributed by atoms with Crippen molar-refractivity contribution in [3.63, 3.8) is 0 Å². The lowest BCUT2D eigenvalue weighted by molar-refractivity contribution is 0.243. The van der Waals surface area contributed by atoms with Crippen LogP contribution in [0.15, 0.2) is 59.5 Å². The third kappa shape index (κ3) is 4.78. The SMILES string of the molecule is COc1ccc(-c2cccc3c2CCC3)c(OCc2ccc(S(C)(=O)=O)cc2)c1OCC1CC1. The lowest BCUT2D eigenvalue weighted by atomic mass is 9.95. The van der Waals surface area contributed by atoms with Crippen molar-refractivity contribution < 1.29 is 22.6 Å². The molecular weight excluding hydrogens is 448 g/mol. The monoisotopic (exact) mass is 478 g/mol. The molecule has 3 aromatic carbocycles. The minimum Gasteiger partial charge on any atom is -0.493 e. The lowest BCUT2D eigenvalue weighted by Crippen LogP contribution is -2.06. The van der Waals surface area contributed by atoms with Gasteiger partial charge < -0.3 is 14.2 Å². The molecule has 0 heterocycles. The minimum atomic E-state index is -3.24. The van der Waals surface area contributed by atoms with Crippen molar-refractivity contribution in [1.82, 2.24) is 0 Å². The van der Waals surface area contributed by atoms with Gasteiger partial charge in [0.05, 0.1) is 18.6 Å². The Kier molecular flexibility index (Phi) is 6.26. The number of ether oxygens (including phenoxy) is 3. The molecule has 1 saturated carbocycles. The molecule has 6 heteroatoms. The summed E-state index contributed by atoms with van der Waals surface area (Å²) in [6.45, 7) is 0.936. The predicted octanol–water partition coefficient (Wildman–Crippen LogP) is 5.62. The topological polar surface area (TPSA) is 61.8 Å². The molecule has 178 valence electrons. The molecule has 0 aliphatic heterocycles. The third-order valence-corrected chi connectivity index (χ3v) is 7.76. The van der Waals surface area contributed by atoms with E-state index in [-0.39, 0.29) is 0 Å². The molecule has 0 N–H and O–H groups in total. The highest BCUT2D eigenvalue weighted by molar-refractivity contribution is 7.90. The van der Waals surface area contributed by atoms with E-state index in [1.807, 2.05) is 6.07 Å². The van der Waals surface area contributed by atoms with Crippen LogP contribution >= 0.6 is 0 Å². The van der Waals surface area contributed by atoms with Gasteiger partial charge in [0.2, 0.25) is 5.75 Å². The average Bonchev–Trinajstić information content (AvgIpc) is 3.54. The molecule has 0 radical (unpaired) electrons. The molecular formula is C28H30O5S. The Morgan fingerprint density at radius 1 is 0.882 bits per heavy atom. The van der Waals surface area contributed by atoms with E-state index in [0.717, 1.165) is 30.4 Å². The minimum absolute atomic E-state index is 0.291. The zero-order chi connectivity index (χ0) is 23.7. The second-order valence-electron chi connectivity index (χ2n) is 9.23. The average molecular weight is 479 g/mol. The summed E-state index contributed by atoms with van der Waals surface area (Å²) in [5, 5.41) is 0. The highest BCUT2D eigenvalue weighted by Crippen LogP contribution is 2.47. The van der Waals surface area contributed by atoms with Gasteiger partial charge >= 0.3 is 0 Å². The molecule has 0 aromatic heterocycles. The first kappa shape index (κ1) is 22.8. The molecule has 2 aliphatic carbocycles. The van der Waals surface area contributed by atoms with E-state index in [9.17, 15) is 8.42 Å². The van der Waals surface area contributed by atoms with Crippen molar-refractivity contribution in [2.45, 2.75) is 43.6 Å². The molecule has 0 spiro atoms. The summed E-state index contributed by atoms with van der Waals surface area (Å²) in [6.07, 6.45) is 6.92. The van der Waals surface area contributed by atoms with Crippen molar-refractivity contribution in [1.29, 1.82) is 0 Å². The Balaban J connectivity index is 1.53. The Morgan fingerprint density at radius 2 is 1.68 bits per heavy atom. The van der Waals surface area contributed by atoms with E-state index in [1.165, 1.54) is 35.8 Å². The zero-order valence-electron chi connectivity index (χ0n) is 19.7. The molecule has 5 nitrogen and oxygen atoms in total. The summed E-state index contributed by atoms with van der Waals surface area (Å²) in [5.41, 5.74) is 5.83. The normalized spacial score (nSPS) is 15.1. The van der Waals surface area contributed by atoms with Crippen molar-refractivity contribution in [2.24, 2.45) is 5.92 Å². The van der Waals surface area contributed by atoms with Gasteiger partial charge in [0.1, 0.15) is 6.61 Å². The molecule has 0 unspecified atom stereocenters. The number of sulfone groups is 1. The fraction of sp³-hybridized carbons (Fsp3) is 0.357. The van der Waals surface area contributed by atoms with Crippen LogP contribution in [0.25, 0.3) is 11.1 Å². The second-order valence-corrected chi connectivity index (χ2v) is 11.2. The van der Waals surface area contributed by atoms with Crippen LogP contribution in [0.2, 0.25) is 0 Å². The van der Waals surface area contributed by atoms with Gasteiger partial charge in [-0.2, -0.15) is 0 Å². The Morgan fingerprint density at radius 3 is 2.38 bits per heavy atom. The van der Waals surface area contributed by atoms with Gasteiger partial charge in [0.25, 0.3) is 0 Å². The molecule has 0 saturated heterocycles. The van der Waals surface area contributed by atoms with E-state index in [0.29, 0.717) is 41.3 Å². The molecule has 0 atom stereocenters. The van der Waals surface area contributed by atoms with Crippen LogP contribution in [0.3, 0.4) is 0 Å². The number of rotatable bonds is 9. The van der Waals surface area contributed by atoms with Crippen LogP contribution in [0, 0.1) is 5.92 Å². The van der Waals surface area contributed by atoms with Crippen molar-refractivity contribution in [3.05, 3.63) is 71.3 Å². The van der Waals surface area contributed by atoms with E-state index >= 15 is 0 Å². The first-order chi connectivity index (χ1) is 16.4. The third-order valence-electron chi connectivity index (χ3n) is 6.63. The van der Waals surface area contributed by atoms with Gasteiger partial charge in [-0.1, -0.05) is 30.3 Å². The fourth-order valence-corrected chi connectivity index (χ4v) is 5.17. The molecule has 0 bridgehead atoms. The fourth-order valence-electron chi connectivity index (χ4n) is 4.54. The van der Waals surface area contributed by atoms with Gasteiger partial charge in [-0.05, 0) is 84.5 Å². The highest BCUT2D eigenvalue weighted by atomic mass is 32.2. The Hall–Kier alpha value is -2.99. The number of hydrogen-bond acceptors (Lipinski definition) is 5. The van der Waals surface area contributed by atoms with E-state index in [4.69, 9.17) is 14.2 Å². The lowest BCUT2D eigenvalue weighted by Gasteiger charge is -2.20. The van der Waals surface area contributed by atoms with Crippen LogP contribution in [-0.2, 0) is 29.3 Å². The number of methoxy groups -OCH3 is 1. The summed E-state index contributed by atoms with van der Waals surface area (Å²) in [4.78, 5) is 0.298. The van der Waals surface area contributed by atoms with Crippen LogP contribution in [0.5, 0.6) is 17.2 Å². The Bertz CT molecular complexity index is 1290. The number of aryl methyl sites for hydroxylation is 1. The van der Waals surface area contributed by atoms with Crippen molar-refractivity contribution in [2.75, 3.05) is 20.0 Å². The molecule has 3 aromatic rings. The maximum Gasteiger partial charge on any atom is 0.204 e. The molecule has 1 fully saturated rings. The van der Waals surface area contributed by atoms with E-state index < -0.39 is 9.84 Å². The summed E-state index contributed by atoms with van der Waals surface area (Å²) in [6, 6.07) is 17.3. The van der Waals surface area contributed by atoms with Gasteiger partial charge in [0, 0.05) is 11.8 Å². The zero-order valence-corrected chi connectivity index (χ0v) is 20.5. The summed E-state index contributed by atoms with van der Waals surface area (Å²) in [5.74, 6) is 2.55. The first-order valence-electron chi connectivity index (χ1n) is 11.8. The maximum absolute atomic E-state index is 11.8. The van der Waals surface area contributed by atoms with Gasteiger partial charge in [-0.3, -0.25) is 0 Å². The van der Waals surface area contributed by atoms with Crippen molar-refractivity contribution >= 4 is 9.84 Å². The maximum atomic E-state index is 11.8. The second kappa shape index (κ2) is 9.34. The first-order valence-corrected chi connectivity index (χ1v) is 13.7. The van der Waals surface area contributed by atoms with E-state index in [2.05, 4.69) is 24.3 Å². The van der Waals surface area contributed by atoms with Crippen molar-refractivity contribution in [3.8, 4) is 28.4 Å². The number of benzene rings is 3. The Labute approximate surface area is 201 Å². The van der Waals surface area contributed by atoms with Gasteiger partial charge in [-0.15, -0.1) is 0 Å².